The van der Waals surface area contributed by atoms with Crippen LogP contribution in [-0.2, 0) is 44.7 Å². The molecule has 0 saturated carbocycles. The number of allylic oxidation sites excluding steroid dienone is 2. The summed E-state index contributed by atoms with van der Waals surface area (Å²) in [7, 11) is -3.62. The molecule has 1 amide bonds. The van der Waals surface area contributed by atoms with E-state index < -0.39 is 26.1 Å². The van der Waals surface area contributed by atoms with Crippen LogP contribution in [0.3, 0.4) is 0 Å². The van der Waals surface area contributed by atoms with Gasteiger partial charge in [-0.15, -0.1) is 0 Å². The Bertz CT molecular complexity index is 1790. The van der Waals surface area contributed by atoms with Crippen molar-refractivity contribution in [1.29, 1.82) is 0 Å². The van der Waals surface area contributed by atoms with Crippen molar-refractivity contribution in [3.63, 3.8) is 0 Å². The minimum Gasteiger partial charge on any atom is -0.497 e. The van der Waals surface area contributed by atoms with Crippen molar-refractivity contribution in [2.24, 2.45) is 0 Å². The van der Waals surface area contributed by atoms with Crippen LogP contribution in [0.4, 0.5) is 0 Å². The highest BCUT2D eigenvalue weighted by molar-refractivity contribution is 7.86. The van der Waals surface area contributed by atoms with Gasteiger partial charge in [0.25, 0.3) is 26.1 Å². The van der Waals surface area contributed by atoms with Crippen LogP contribution in [0.15, 0.2) is 60.3 Å². The van der Waals surface area contributed by atoms with Crippen LogP contribution in [0, 0.1) is 6.92 Å². The molecule has 0 atom stereocenters. The molecule has 0 aliphatic rings. The number of carbonyl (C=O) groups excluding carboxylic acids is 2. The van der Waals surface area contributed by atoms with Gasteiger partial charge < -0.3 is 14.6 Å². The van der Waals surface area contributed by atoms with E-state index in [0.717, 1.165) is 47.4 Å². The molecule has 0 aliphatic carbocycles. The lowest BCUT2D eigenvalue weighted by molar-refractivity contribution is -0.116. The van der Waals surface area contributed by atoms with Gasteiger partial charge in [-0.1, -0.05) is 43.7 Å². The molecule has 0 saturated heterocycles. The quantitative estimate of drug-likeness (QED) is 0.0782. The Hall–Kier alpha value is -3.78. The van der Waals surface area contributed by atoms with Gasteiger partial charge in [-0.05, 0) is 61.6 Å². The van der Waals surface area contributed by atoms with E-state index in [1.807, 2.05) is 80.1 Å². The molecule has 0 spiro atoms. The molecule has 1 heterocycles. The summed E-state index contributed by atoms with van der Waals surface area (Å²) in [5, 5.41) is 3.48. The summed E-state index contributed by atoms with van der Waals surface area (Å²) in [5.41, 5.74) is 4.27. The number of methoxy groups -OCH3 is 1. The normalized spacial score (nSPS) is 12.6. The first-order valence-electron chi connectivity index (χ1n) is 14.7. The number of benzene rings is 2. The fourth-order valence-electron chi connectivity index (χ4n) is 4.67. The molecule has 0 radical (unpaired) electrons. The van der Waals surface area contributed by atoms with Crippen LogP contribution in [0.1, 0.15) is 49.8 Å². The van der Waals surface area contributed by atoms with Gasteiger partial charge in [0.2, 0.25) is 0 Å². The monoisotopic (exact) mass is 676 g/mol. The minimum absolute atomic E-state index is 0.0401. The lowest BCUT2D eigenvalue weighted by Crippen LogP contribution is -2.22. The number of carbonyl (C=O) groups is 2. The number of hydrogen-bond acceptors (Lipinski definition) is 9. The van der Waals surface area contributed by atoms with Gasteiger partial charge in [0.15, 0.2) is 6.29 Å². The van der Waals surface area contributed by atoms with E-state index in [9.17, 15) is 26.4 Å². The van der Waals surface area contributed by atoms with E-state index in [1.165, 1.54) is 7.05 Å². The summed E-state index contributed by atoms with van der Waals surface area (Å²) in [6.07, 6.45) is 8.62. The number of para-hydroxylation sites is 1. The van der Waals surface area contributed by atoms with Crippen molar-refractivity contribution in [2.75, 3.05) is 39.9 Å². The van der Waals surface area contributed by atoms with Gasteiger partial charge >= 0.3 is 0 Å². The minimum atomic E-state index is -3.53. The predicted octanol–water partition coefficient (Wildman–Crippen LogP) is 4.89. The molecule has 13 heteroatoms. The van der Waals surface area contributed by atoms with Gasteiger partial charge in [0.05, 0.1) is 38.4 Å². The molecule has 2 aromatic carbocycles. The zero-order valence-corrected chi connectivity index (χ0v) is 29.1. The molecule has 3 rings (SSSR count). The Morgan fingerprint density at radius 3 is 2.13 bits per heavy atom. The first-order valence-corrected chi connectivity index (χ1v) is 18.3. The third-order valence-corrected chi connectivity index (χ3v) is 8.04. The fourth-order valence-corrected chi connectivity index (χ4v) is 5.51. The highest BCUT2D eigenvalue weighted by Crippen LogP contribution is 2.36. The van der Waals surface area contributed by atoms with Gasteiger partial charge in [-0.25, -0.2) is 0 Å². The highest BCUT2D eigenvalue weighted by Gasteiger charge is 2.24. The standard InChI is InChI=1S/C28H32N2O6S.C5H12O3S/c1-6-21(23-16-20(35-4)13-12-19(23)2)27(28(32)29-3)25(18-31)24-17-30(14-9-15-36-37(5,33)34)26-11-8-7-10-22(24)26;1-3-4-5-8-9(2,6)7/h6-8,10-13,16-18H,9,14-15H2,1-5H3,(H,29,32);3-5H2,1-2H3/b21-6+,27-25+;. The molecule has 3 aromatic rings. The lowest BCUT2D eigenvalue weighted by Gasteiger charge is -2.17. The lowest BCUT2D eigenvalue weighted by atomic mass is 9.88. The Labute approximate surface area is 272 Å². The number of ether oxygens (including phenoxy) is 1. The number of nitrogens with one attached hydrogen (secondary N) is 1. The molecule has 0 bridgehead atoms. The van der Waals surface area contributed by atoms with E-state index in [1.54, 1.807) is 7.11 Å². The molecular formula is C33H44N2O9S2. The van der Waals surface area contributed by atoms with E-state index in [4.69, 9.17) is 8.92 Å². The average Bonchev–Trinajstić information content (AvgIpc) is 3.37. The second kappa shape index (κ2) is 17.8. The maximum atomic E-state index is 13.3. The van der Waals surface area contributed by atoms with Crippen molar-refractivity contribution in [3.8, 4) is 5.75 Å². The number of amides is 1. The zero-order valence-electron chi connectivity index (χ0n) is 27.5. The second-order valence-electron chi connectivity index (χ2n) is 10.4. The van der Waals surface area contributed by atoms with Crippen LogP contribution >= 0.6 is 0 Å². The van der Waals surface area contributed by atoms with E-state index in [2.05, 4.69) is 9.50 Å². The van der Waals surface area contributed by atoms with Gasteiger partial charge in [-0.3, -0.25) is 18.0 Å². The molecule has 46 heavy (non-hydrogen) atoms. The van der Waals surface area contributed by atoms with Crippen molar-refractivity contribution in [2.45, 2.75) is 46.6 Å². The average molecular weight is 677 g/mol. The van der Waals surface area contributed by atoms with Crippen molar-refractivity contribution < 1.29 is 39.5 Å². The number of rotatable bonds is 15. The molecule has 0 fully saturated rings. The summed E-state index contributed by atoms with van der Waals surface area (Å²) in [6, 6.07) is 13.2. The van der Waals surface area contributed by atoms with E-state index in [-0.39, 0.29) is 17.8 Å². The zero-order chi connectivity index (χ0) is 34.5. The van der Waals surface area contributed by atoms with Gasteiger partial charge in [0.1, 0.15) is 5.75 Å². The topological polar surface area (TPSA) is 147 Å². The summed E-state index contributed by atoms with van der Waals surface area (Å²) < 4.78 is 59.8. The fraction of sp³-hybridized carbons (Fsp3) is 0.394. The Morgan fingerprint density at radius 1 is 0.957 bits per heavy atom. The molecule has 0 unspecified atom stereocenters. The number of nitrogens with zero attached hydrogens (tertiary/aromatic N) is 1. The van der Waals surface area contributed by atoms with Crippen LogP contribution < -0.4 is 10.1 Å². The van der Waals surface area contributed by atoms with Crippen molar-refractivity contribution >= 4 is 54.5 Å². The number of aldehydes is 1. The van der Waals surface area contributed by atoms with E-state index in [0.29, 0.717) is 42.7 Å². The smallest absolute Gasteiger partial charge is 0.264 e. The summed E-state index contributed by atoms with van der Waals surface area (Å²) in [5.74, 6) is 0.243. The highest BCUT2D eigenvalue weighted by atomic mass is 32.2. The van der Waals surface area contributed by atoms with Gasteiger partial charge in [0, 0.05) is 41.8 Å². The first-order chi connectivity index (χ1) is 21.7. The second-order valence-corrected chi connectivity index (χ2v) is 13.7. The third-order valence-electron chi connectivity index (χ3n) is 6.85. The Kier molecular flexibility index (Phi) is 14.9. The Balaban J connectivity index is 0.000000713. The largest absolute Gasteiger partial charge is 0.497 e. The molecule has 252 valence electrons. The third kappa shape index (κ3) is 11.2. The molecule has 11 nitrogen and oxygen atoms in total. The SMILES string of the molecule is C/C=C(/C(C(=O)NC)=C(/C=O)c1cn(CCCOS(C)(=O)=O)c2ccccc12)c1cc(OC)ccc1C.CCCCOS(C)(=O)=O. The molecule has 0 aliphatic heterocycles. The van der Waals surface area contributed by atoms with Crippen LogP contribution in [0.5, 0.6) is 5.75 Å². The maximum Gasteiger partial charge on any atom is 0.264 e. The number of hydrogen-bond donors (Lipinski definition) is 1. The van der Waals surface area contributed by atoms with Crippen LogP contribution in [0.2, 0.25) is 0 Å². The number of fused-ring (bicyclic) bond motifs is 1. The number of likely N-dealkylation sites (N-methyl/N-ethyl adjacent to an activating group) is 1. The van der Waals surface area contributed by atoms with Crippen LogP contribution in [-0.4, -0.2) is 73.5 Å². The molecule has 1 aromatic heterocycles. The maximum absolute atomic E-state index is 13.3. The first kappa shape index (κ1) is 38.4. The number of aromatic nitrogens is 1. The molecule has 1 N–H and O–H groups in total. The number of aryl methyl sites for hydroxylation is 2. The Morgan fingerprint density at radius 2 is 1.59 bits per heavy atom. The van der Waals surface area contributed by atoms with Crippen molar-refractivity contribution in [1.82, 2.24) is 9.88 Å². The number of unbranched alkanes of at least 4 members (excludes halogenated alkanes) is 1. The van der Waals surface area contributed by atoms with E-state index >= 15 is 0 Å². The molecular weight excluding hydrogens is 633 g/mol. The van der Waals surface area contributed by atoms with Crippen LogP contribution in [0.25, 0.3) is 22.0 Å². The summed E-state index contributed by atoms with van der Waals surface area (Å²) in [4.78, 5) is 26.0. The summed E-state index contributed by atoms with van der Waals surface area (Å²) >= 11 is 0. The van der Waals surface area contributed by atoms with Gasteiger partial charge in [-0.2, -0.15) is 16.8 Å². The summed E-state index contributed by atoms with van der Waals surface area (Å²) in [6.45, 7) is 6.55. The van der Waals surface area contributed by atoms with Crippen molar-refractivity contribution in [3.05, 3.63) is 77.0 Å². The predicted molar refractivity (Wildman–Crippen MR) is 181 cm³/mol.